The first-order valence-electron chi connectivity index (χ1n) is 10.6. The first kappa shape index (κ1) is 23.6. The molecule has 7 heteroatoms. The molecule has 1 aliphatic carbocycles. The van der Waals surface area contributed by atoms with Crippen LogP contribution < -0.4 is 10.1 Å². The third kappa shape index (κ3) is 6.71. The van der Waals surface area contributed by atoms with E-state index in [1.807, 2.05) is 31.2 Å². The topological polar surface area (TPSA) is 58.6 Å². The Bertz CT molecular complexity index is 931. The summed E-state index contributed by atoms with van der Waals surface area (Å²) >= 11 is 9.56. The van der Waals surface area contributed by atoms with Gasteiger partial charge in [-0.3, -0.25) is 9.59 Å². The van der Waals surface area contributed by atoms with Gasteiger partial charge in [-0.05, 0) is 50.5 Å². The Labute approximate surface area is 197 Å². The second kappa shape index (κ2) is 11.0. The van der Waals surface area contributed by atoms with E-state index in [9.17, 15) is 9.59 Å². The predicted molar refractivity (Wildman–Crippen MR) is 126 cm³/mol. The SMILES string of the molecule is Cc1cccc(CN(C(=O)COc2ccc(Br)cc2Cl)[C@H](C)C(=O)NC2CCCC2)c1. The van der Waals surface area contributed by atoms with Crippen molar-refractivity contribution in [1.82, 2.24) is 10.2 Å². The van der Waals surface area contributed by atoms with Gasteiger partial charge in [-0.25, -0.2) is 0 Å². The molecule has 2 amide bonds. The number of carbonyl (C=O) groups excluding carboxylic acids is 2. The fourth-order valence-electron chi connectivity index (χ4n) is 3.80. The van der Waals surface area contributed by atoms with Gasteiger partial charge in [-0.15, -0.1) is 0 Å². The number of aryl methyl sites for hydroxylation is 1. The monoisotopic (exact) mass is 506 g/mol. The lowest BCUT2D eigenvalue weighted by atomic mass is 10.1. The van der Waals surface area contributed by atoms with Crippen molar-refractivity contribution >= 4 is 39.3 Å². The van der Waals surface area contributed by atoms with Gasteiger partial charge in [-0.1, -0.05) is 70.2 Å². The Balaban J connectivity index is 1.73. The summed E-state index contributed by atoms with van der Waals surface area (Å²) in [4.78, 5) is 27.6. The smallest absolute Gasteiger partial charge is 0.261 e. The molecule has 1 aliphatic rings. The average molecular weight is 508 g/mol. The van der Waals surface area contributed by atoms with Crippen LogP contribution in [0.25, 0.3) is 0 Å². The number of amides is 2. The lowest BCUT2D eigenvalue weighted by Crippen LogP contribution is -2.50. The van der Waals surface area contributed by atoms with E-state index >= 15 is 0 Å². The van der Waals surface area contributed by atoms with Crippen molar-refractivity contribution in [2.75, 3.05) is 6.61 Å². The third-order valence-corrected chi connectivity index (χ3v) is 6.34. The maximum absolute atomic E-state index is 13.1. The summed E-state index contributed by atoms with van der Waals surface area (Å²) in [7, 11) is 0. The molecule has 2 aromatic rings. The molecule has 0 bridgehead atoms. The molecule has 1 saturated carbocycles. The molecule has 0 aromatic heterocycles. The number of benzene rings is 2. The lowest BCUT2D eigenvalue weighted by molar-refractivity contribution is -0.142. The normalized spacial score (nSPS) is 14.8. The molecule has 1 atom stereocenters. The lowest BCUT2D eigenvalue weighted by Gasteiger charge is -2.29. The highest BCUT2D eigenvalue weighted by Gasteiger charge is 2.28. The largest absolute Gasteiger partial charge is 0.482 e. The molecule has 0 heterocycles. The van der Waals surface area contributed by atoms with Crippen LogP contribution in [0.15, 0.2) is 46.9 Å². The molecule has 1 fully saturated rings. The van der Waals surface area contributed by atoms with Gasteiger partial charge in [0.2, 0.25) is 5.91 Å². The van der Waals surface area contributed by atoms with Gasteiger partial charge in [0.25, 0.3) is 5.91 Å². The van der Waals surface area contributed by atoms with E-state index in [1.165, 1.54) is 0 Å². The van der Waals surface area contributed by atoms with Gasteiger partial charge in [0.05, 0.1) is 5.02 Å². The van der Waals surface area contributed by atoms with E-state index < -0.39 is 6.04 Å². The summed E-state index contributed by atoms with van der Waals surface area (Å²) in [6.07, 6.45) is 4.25. The van der Waals surface area contributed by atoms with Crippen molar-refractivity contribution in [2.45, 2.75) is 58.2 Å². The molecule has 31 heavy (non-hydrogen) atoms. The molecule has 0 radical (unpaired) electrons. The highest BCUT2D eigenvalue weighted by molar-refractivity contribution is 9.10. The molecule has 0 aliphatic heterocycles. The number of hydrogen-bond acceptors (Lipinski definition) is 3. The molecule has 5 nitrogen and oxygen atoms in total. The van der Waals surface area contributed by atoms with E-state index in [2.05, 4.69) is 21.2 Å². The number of hydrogen-bond donors (Lipinski definition) is 1. The second-order valence-electron chi connectivity index (χ2n) is 8.04. The molecular formula is C24H28BrClN2O3. The molecule has 166 valence electrons. The minimum absolute atomic E-state index is 0.130. The Kier molecular flexibility index (Phi) is 8.38. The van der Waals surface area contributed by atoms with Crippen LogP contribution in [0.5, 0.6) is 5.75 Å². The molecule has 0 spiro atoms. The van der Waals surface area contributed by atoms with Gasteiger partial charge in [-0.2, -0.15) is 0 Å². The minimum Gasteiger partial charge on any atom is -0.482 e. The fraction of sp³-hybridized carbons (Fsp3) is 0.417. The first-order chi connectivity index (χ1) is 14.8. The molecule has 1 N–H and O–H groups in total. The van der Waals surface area contributed by atoms with Crippen LogP contribution >= 0.6 is 27.5 Å². The van der Waals surface area contributed by atoms with Crippen LogP contribution in [0.4, 0.5) is 0 Å². The second-order valence-corrected chi connectivity index (χ2v) is 9.36. The van der Waals surface area contributed by atoms with Gasteiger partial charge in [0.1, 0.15) is 11.8 Å². The first-order valence-corrected chi connectivity index (χ1v) is 11.7. The highest BCUT2D eigenvalue weighted by atomic mass is 79.9. The Morgan fingerprint density at radius 1 is 1.23 bits per heavy atom. The van der Waals surface area contributed by atoms with Crippen LogP contribution in [-0.2, 0) is 16.1 Å². The van der Waals surface area contributed by atoms with Gasteiger partial charge in [0, 0.05) is 17.1 Å². The summed E-state index contributed by atoms with van der Waals surface area (Å²) in [5.74, 6) is 0.0286. The molecule has 2 aromatic carbocycles. The summed E-state index contributed by atoms with van der Waals surface area (Å²) in [6, 6.07) is 12.7. The van der Waals surface area contributed by atoms with E-state index in [4.69, 9.17) is 16.3 Å². The predicted octanol–water partition coefficient (Wildman–Crippen LogP) is 5.27. The Morgan fingerprint density at radius 2 is 1.97 bits per heavy atom. The van der Waals surface area contributed by atoms with E-state index in [1.54, 1.807) is 30.0 Å². The van der Waals surface area contributed by atoms with Crippen molar-refractivity contribution < 1.29 is 14.3 Å². The zero-order valence-electron chi connectivity index (χ0n) is 17.9. The van der Waals surface area contributed by atoms with Gasteiger partial charge in [0.15, 0.2) is 6.61 Å². The number of ether oxygens (including phenoxy) is 1. The molecular weight excluding hydrogens is 480 g/mol. The fourth-order valence-corrected chi connectivity index (χ4v) is 4.52. The number of nitrogens with zero attached hydrogens (tertiary/aromatic N) is 1. The Morgan fingerprint density at radius 3 is 2.65 bits per heavy atom. The average Bonchev–Trinajstić information content (AvgIpc) is 3.23. The highest BCUT2D eigenvalue weighted by Crippen LogP contribution is 2.28. The van der Waals surface area contributed by atoms with Crippen LogP contribution in [0.3, 0.4) is 0 Å². The van der Waals surface area contributed by atoms with Crippen molar-refractivity contribution in [3.05, 3.63) is 63.1 Å². The Hall–Kier alpha value is -2.05. The number of carbonyl (C=O) groups is 2. The van der Waals surface area contributed by atoms with Crippen molar-refractivity contribution in [1.29, 1.82) is 0 Å². The van der Waals surface area contributed by atoms with Gasteiger partial charge < -0.3 is 15.0 Å². The molecule has 0 saturated heterocycles. The van der Waals surface area contributed by atoms with E-state index in [0.29, 0.717) is 17.3 Å². The van der Waals surface area contributed by atoms with Crippen LogP contribution in [0, 0.1) is 6.92 Å². The molecule has 0 unspecified atom stereocenters. The molecule has 3 rings (SSSR count). The quantitative estimate of drug-likeness (QED) is 0.530. The van der Waals surface area contributed by atoms with Crippen LogP contribution in [0.1, 0.15) is 43.7 Å². The van der Waals surface area contributed by atoms with Crippen molar-refractivity contribution in [2.24, 2.45) is 0 Å². The zero-order valence-corrected chi connectivity index (χ0v) is 20.2. The van der Waals surface area contributed by atoms with E-state index in [-0.39, 0.29) is 24.5 Å². The van der Waals surface area contributed by atoms with Crippen molar-refractivity contribution in [3.8, 4) is 5.75 Å². The van der Waals surface area contributed by atoms with E-state index in [0.717, 1.165) is 41.3 Å². The summed E-state index contributed by atoms with van der Waals surface area (Å²) in [6.45, 7) is 3.90. The summed E-state index contributed by atoms with van der Waals surface area (Å²) in [5, 5.41) is 3.52. The number of rotatable bonds is 8. The third-order valence-electron chi connectivity index (χ3n) is 5.55. The maximum Gasteiger partial charge on any atom is 0.261 e. The maximum atomic E-state index is 13.1. The van der Waals surface area contributed by atoms with Crippen LogP contribution in [0.2, 0.25) is 5.02 Å². The standard InChI is InChI=1S/C24H28BrClN2O3/c1-16-6-5-7-18(12-16)14-28(17(2)24(30)27-20-8-3-4-9-20)23(29)15-31-22-11-10-19(25)13-21(22)26/h5-7,10-13,17,20H,3-4,8-9,14-15H2,1-2H3,(H,27,30)/t17-/m1/s1. The number of halogens is 2. The van der Waals surface area contributed by atoms with Crippen LogP contribution in [-0.4, -0.2) is 35.4 Å². The summed E-state index contributed by atoms with van der Waals surface area (Å²) in [5.41, 5.74) is 2.07. The number of nitrogens with one attached hydrogen (secondary N) is 1. The van der Waals surface area contributed by atoms with Crippen molar-refractivity contribution in [3.63, 3.8) is 0 Å². The van der Waals surface area contributed by atoms with Gasteiger partial charge >= 0.3 is 0 Å². The summed E-state index contributed by atoms with van der Waals surface area (Å²) < 4.78 is 6.51. The minimum atomic E-state index is -0.613. The zero-order chi connectivity index (χ0) is 22.4.